The van der Waals surface area contributed by atoms with E-state index in [4.69, 9.17) is 9.47 Å². The van der Waals surface area contributed by atoms with Crippen LogP contribution in [0.3, 0.4) is 0 Å². The van der Waals surface area contributed by atoms with Gasteiger partial charge in [-0.15, -0.1) is 0 Å². The fourth-order valence-electron chi connectivity index (χ4n) is 3.99. The molecule has 1 aromatic heterocycles. The summed E-state index contributed by atoms with van der Waals surface area (Å²) in [4.78, 5) is 45.5. The molecule has 4 aromatic rings. The Balaban J connectivity index is 1.34. The lowest BCUT2D eigenvalue weighted by Gasteiger charge is -2.23. The molecule has 186 valence electrons. The normalized spacial score (nSPS) is 14.2. The monoisotopic (exact) mass is 497 g/mol. The van der Waals surface area contributed by atoms with Crippen LogP contribution >= 0.6 is 0 Å². The number of carbonyl (C=O) groups is 2. The fraction of sp³-hybridized carbons (Fsp3) is 0.111. The zero-order valence-electron chi connectivity index (χ0n) is 19.8. The SMILES string of the molecule is COc1ccccc1Nc1nc2c(c(=O)[nH]1)[C@H](C(=O)Nc1ccc(Oc3ccccc3)cc1)CC(=O)N2. The first-order valence-electron chi connectivity index (χ1n) is 11.5. The largest absolute Gasteiger partial charge is 0.495 e. The Bertz CT molecular complexity index is 1500. The van der Waals surface area contributed by atoms with Gasteiger partial charge in [0, 0.05) is 12.1 Å². The van der Waals surface area contributed by atoms with Crippen LogP contribution in [0.1, 0.15) is 17.9 Å². The summed E-state index contributed by atoms with van der Waals surface area (Å²) >= 11 is 0. The maximum Gasteiger partial charge on any atom is 0.258 e. The van der Waals surface area contributed by atoms with Crippen LogP contribution in [0.2, 0.25) is 0 Å². The minimum Gasteiger partial charge on any atom is -0.495 e. The molecule has 1 atom stereocenters. The van der Waals surface area contributed by atoms with Crippen molar-refractivity contribution in [3.63, 3.8) is 0 Å². The molecule has 3 aromatic carbocycles. The third-order valence-corrected chi connectivity index (χ3v) is 5.73. The van der Waals surface area contributed by atoms with E-state index in [1.54, 1.807) is 48.5 Å². The number of ether oxygens (including phenoxy) is 2. The molecule has 0 saturated carbocycles. The number of methoxy groups -OCH3 is 1. The first kappa shape index (κ1) is 23.6. The van der Waals surface area contributed by atoms with Crippen molar-refractivity contribution in [1.29, 1.82) is 0 Å². The zero-order chi connectivity index (χ0) is 25.8. The number of rotatable bonds is 7. The Labute approximate surface area is 211 Å². The molecule has 10 heteroatoms. The molecule has 1 aliphatic rings. The summed E-state index contributed by atoms with van der Waals surface area (Å²) in [5.74, 6) is 0.0431. The highest BCUT2D eigenvalue weighted by Crippen LogP contribution is 2.32. The minimum absolute atomic E-state index is 0.0316. The highest BCUT2D eigenvalue weighted by atomic mass is 16.5. The molecule has 0 bridgehead atoms. The third-order valence-electron chi connectivity index (χ3n) is 5.73. The molecule has 0 saturated heterocycles. The van der Waals surface area contributed by atoms with E-state index in [0.29, 0.717) is 28.6 Å². The second kappa shape index (κ2) is 10.2. The summed E-state index contributed by atoms with van der Waals surface area (Å²) in [6.07, 6.45) is -0.182. The quantitative estimate of drug-likeness (QED) is 0.298. The van der Waals surface area contributed by atoms with Gasteiger partial charge in [0.05, 0.1) is 24.3 Å². The Kier molecular flexibility index (Phi) is 6.54. The topological polar surface area (TPSA) is 134 Å². The number of H-pyrrole nitrogens is 1. The fourth-order valence-corrected chi connectivity index (χ4v) is 3.99. The zero-order valence-corrected chi connectivity index (χ0v) is 19.8. The first-order chi connectivity index (χ1) is 18.0. The van der Waals surface area contributed by atoms with Crippen molar-refractivity contribution in [1.82, 2.24) is 9.97 Å². The van der Waals surface area contributed by atoms with E-state index in [0.717, 1.165) is 0 Å². The molecule has 0 fully saturated rings. The molecule has 37 heavy (non-hydrogen) atoms. The first-order valence-corrected chi connectivity index (χ1v) is 11.5. The van der Waals surface area contributed by atoms with Crippen molar-refractivity contribution in [2.75, 3.05) is 23.1 Å². The molecule has 4 N–H and O–H groups in total. The molecule has 2 heterocycles. The van der Waals surface area contributed by atoms with E-state index in [9.17, 15) is 14.4 Å². The maximum absolute atomic E-state index is 13.1. The molecule has 0 unspecified atom stereocenters. The van der Waals surface area contributed by atoms with Crippen LogP contribution in [0.25, 0.3) is 0 Å². The van der Waals surface area contributed by atoms with Crippen LogP contribution < -0.4 is 31.0 Å². The number of aromatic amines is 1. The lowest BCUT2D eigenvalue weighted by molar-refractivity contribution is -0.123. The number of fused-ring (bicyclic) bond motifs is 1. The summed E-state index contributed by atoms with van der Waals surface area (Å²) in [6.45, 7) is 0. The van der Waals surface area contributed by atoms with Crippen molar-refractivity contribution in [3.05, 3.63) is 94.8 Å². The Morgan fingerprint density at radius 1 is 0.946 bits per heavy atom. The smallest absolute Gasteiger partial charge is 0.258 e. The van der Waals surface area contributed by atoms with Gasteiger partial charge in [-0.05, 0) is 48.5 Å². The van der Waals surface area contributed by atoms with Gasteiger partial charge >= 0.3 is 0 Å². The van der Waals surface area contributed by atoms with E-state index in [1.165, 1.54) is 7.11 Å². The molecular weight excluding hydrogens is 474 g/mol. The Morgan fingerprint density at radius 2 is 1.65 bits per heavy atom. The van der Waals surface area contributed by atoms with E-state index >= 15 is 0 Å². The lowest BCUT2D eigenvalue weighted by Crippen LogP contribution is -2.36. The van der Waals surface area contributed by atoms with Gasteiger partial charge in [0.15, 0.2) is 0 Å². The van der Waals surface area contributed by atoms with Gasteiger partial charge in [0.25, 0.3) is 5.56 Å². The highest BCUT2D eigenvalue weighted by Gasteiger charge is 2.34. The number of nitrogens with zero attached hydrogens (tertiary/aromatic N) is 1. The number of anilines is 4. The maximum atomic E-state index is 13.1. The number of hydrogen-bond acceptors (Lipinski definition) is 7. The van der Waals surface area contributed by atoms with Gasteiger partial charge in [-0.1, -0.05) is 30.3 Å². The van der Waals surface area contributed by atoms with Crippen LogP contribution in [-0.4, -0.2) is 28.9 Å². The summed E-state index contributed by atoms with van der Waals surface area (Å²) in [5.41, 5.74) is 0.627. The molecule has 0 aliphatic carbocycles. The number of aromatic nitrogens is 2. The number of para-hydroxylation sites is 3. The van der Waals surface area contributed by atoms with Gasteiger partial charge in [-0.25, -0.2) is 0 Å². The van der Waals surface area contributed by atoms with Gasteiger partial charge < -0.3 is 25.4 Å². The van der Waals surface area contributed by atoms with Gasteiger partial charge in [-0.3, -0.25) is 19.4 Å². The van der Waals surface area contributed by atoms with Crippen LogP contribution in [0.4, 0.5) is 23.1 Å². The summed E-state index contributed by atoms with van der Waals surface area (Å²) in [6, 6.07) is 23.2. The molecule has 1 aliphatic heterocycles. The minimum atomic E-state index is -1.01. The highest BCUT2D eigenvalue weighted by molar-refractivity contribution is 6.04. The number of hydrogen-bond donors (Lipinski definition) is 4. The number of carbonyl (C=O) groups excluding carboxylic acids is 2. The Morgan fingerprint density at radius 3 is 2.41 bits per heavy atom. The van der Waals surface area contributed by atoms with Crippen molar-refractivity contribution in [2.24, 2.45) is 0 Å². The molecule has 2 amide bonds. The van der Waals surface area contributed by atoms with Crippen molar-refractivity contribution < 1.29 is 19.1 Å². The summed E-state index contributed by atoms with van der Waals surface area (Å²) in [5, 5.41) is 8.35. The van der Waals surface area contributed by atoms with Crippen molar-refractivity contribution >= 4 is 35.0 Å². The number of nitrogens with one attached hydrogen (secondary N) is 4. The molecule has 0 radical (unpaired) electrons. The van der Waals surface area contributed by atoms with E-state index < -0.39 is 23.3 Å². The molecular formula is C27H23N5O5. The summed E-state index contributed by atoms with van der Waals surface area (Å²) < 4.78 is 11.1. The van der Waals surface area contributed by atoms with Gasteiger partial charge in [0.2, 0.25) is 17.8 Å². The average molecular weight is 498 g/mol. The average Bonchev–Trinajstić information content (AvgIpc) is 2.90. The molecule has 10 nitrogen and oxygen atoms in total. The second-order valence-electron chi connectivity index (χ2n) is 8.24. The molecule has 0 spiro atoms. The third kappa shape index (κ3) is 5.27. The van der Waals surface area contributed by atoms with Crippen LogP contribution in [0.15, 0.2) is 83.7 Å². The summed E-state index contributed by atoms with van der Waals surface area (Å²) in [7, 11) is 1.52. The molecule has 5 rings (SSSR count). The Hall–Kier alpha value is -5.12. The van der Waals surface area contributed by atoms with Gasteiger partial charge in [0.1, 0.15) is 23.1 Å². The second-order valence-corrected chi connectivity index (χ2v) is 8.24. The predicted molar refractivity (Wildman–Crippen MR) is 139 cm³/mol. The van der Waals surface area contributed by atoms with Gasteiger partial charge in [-0.2, -0.15) is 4.98 Å². The van der Waals surface area contributed by atoms with Crippen molar-refractivity contribution in [3.8, 4) is 17.2 Å². The van der Waals surface area contributed by atoms with Crippen LogP contribution in [-0.2, 0) is 9.59 Å². The standard InChI is InChI=1S/C27H23N5O5/c1-36-21-10-6-5-9-20(21)29-27-31-24-23(26(35)32-27)19(15-22(33)30-24)25(34)28-16-11-13-18(14-12-16)37-17-7-3-2-4-8-17/h2-14,19H,15H2,1H3,(H,28,34)(H3,29,30,31,32,33,35)/t19-/m1/s1. The van der Waals surface area contributed by atoms with Crippen molar-refractivity contribution in [2.45, 2.75) is 12.3 Å². The van der Waals surface area contributed by atoms with E-state index in [-0.39, 0.29) is 23.8 Å². The van der Waals surface area contributed by atoms with Crippen LogP contribution in [0.5, 0.6) is 17.2 Å². The number of benzene rings is 3. The van der Waals surface area contributed by atoms with E-state index in [2.05, 4.69) is 25.9 Å². The number of amides is 2. The van der Waals surface area contributed by atoms with Crippen LogP contribution in [0, 0.1) is 0 Å². The predicted octanol–water partition coefficient (Wildman–Crippen LogP) is 4.38. The van der Waals surface area contributed by atoms with E-state index in [1.807, 2.05) is 30.3 Å². The lowest BCUT2D eigenvalue weighted by atomic mass is 9.92.